The summed E-state index contributed by atoms with van der Waals surface area (Å²) in [5.74, 6) is 0. The Labute approximate surface area is 358 Å². The third kappa shape index (κ3) is 41.8. The first-order valence-electron chi connectivity index (χ1n) is 18.9. The van der Waals surface area contributed by atoms with Gasteiger partial charge in [0.05, 0.1) is 105 Å². The fourth-order valence-electron chi connectivity index (χ4n) is 3.90. The van der Waals surface area contributed by atoms with E-state index in [-0.39, 0.29) is 85.7 Å². The molecule has 64 heavy (non-hydrogen) atoms. The Hall–Kier alpha value is -1.60. The summed E-state index contributed by atoms with van der Waals surface area (Å²) in [7, 11) is 0. The van der Waals surface area contributed by atoms with E-state index in [0.29, 0.717) is 19.3 Å². The number of hydrogen-bond acceptors (Lipinski definition) is 19. The van der Waals surface area contributed by atoms with Crippen LogP contribution in [0.3, 0.4) is 0 Å². The van der Waals surface area contributed by atoms with Crippen molar-refractivity contribution in [2.24, 2.45) is 0 Å². The lowest BCUT2D eigenvalue weighted by Gasteiger charge is -2.26. The lowest BCUT2D eigenvalue weighted by atomic mass is 10.1. The normalized spacial score (nSPS) is 14.7. The minimum atomic E-state index is -5.40. The quantitative estimate of drug-likeness (QED) is 0.0258. The van der Waals surface area contributed by atoms with Crippen LogP contribution in [0.15, 0.2) is 0 Å². The van der Waals surface area contributed by atoms with Crippen molar-refractivity contribution in [3.05, 3.63) is 0 Å². The molecule has 0 aromatic carbocycles. The summed E-state index contributed by atoms with van der Waals surface area (Å²) in [6.07, 6.45) is -31.6. The van der Waals surface area contributed by atoms with Crippen molar-refractivity contribution in [1.82, 2.24) is 0 Å². The molecule has 0 spiro atoms. The highest BCUT2D eigenvalue weighted by Crippen LogP contribution is 2.35. The number of rotatable bonds is 43. The molecule has 0 aliphatic rings. The molecule has 0 aromatic rings. The molecule has 0 radical (unpaired) electrons. The first kappa shape index (κ1) is 64.5. The molecule has 0 aliphatic carbocycles. The number of ether oxygens (including phenoxy) is 12. The molecule has 3 atom stereocenters. The zero-order valence-electron chi connectivity index (χ0n) is 34.3. The van der Waals surface area contributed by atoms with Gasteiger partial charge in [0, 0.05) is 6.61 Å². The number of halogens is 12. The molecule has 388 valence electrons. The van der Waals surface area contributed by atoms with Crippen LogP contribution in [0.4, 0.5) is 52.7 Å². The summed E-state index contributed by atoms with van der Waals surface area (Å²) in [5, 5.41) is 62.2. The van der Waals surface area contributed by atoms with Gasteiger partial charge in [-0.15, -0.1) is 17.6 Å². The van der Waals surface area contributed by atoms with Crippen molar-refractivity contribution in [3.63, 3.8) is 0 Å². The highest BCUT2D eigenvalue weighted by molar-refractivity contribution is 4.61. The third-order valence-electron chi connectivity index (χ3n) is 6.35. The van der Waals surface area contributed by atoms with Crippen LogP contribution in [0.5, 0.6) is 0 Å². The molecule has 0 rings (SSSR count). The summed E-state index contributed by atoms with van der Waals surface area (Å²) in [6.45, 7) is -11.9. The predicted molar refractivity (Wildman–Crippen MR) is 185 cm³/mol. The highest BCUT2D eigenvalue weighted by atomic mass is 19.3. The van der Waals surface area contributed by atoms with Crippen LogP contribution in [0.1, 0.15) is 25.7 Å². The van der Waals surface area contributed by atoms with E-state index < -0.39 is 108 Å². The average Bonchev–Trinajstić information content (AvgIpc) is 3.14. The fourth-order valence-corrected chi connectivity index (χ4v) is 3.90. The van der Waals surface area contributed by atoms with Gasteiger partial charge >= 0.3 is 37.0 Å². The molecular weight excluding hydrogens is 928 g/mol. The number of hydrogen-bond donors (Lipinski definition) is 7. The zero-order chi connectivity index (χ0) is 49.2. The van der Waals surface area contributed by atoms with Gasteiger partial charge in [0.15, 0.2) is 0 Å². The number of aliphatic hydroxyl groups excluding tert-OH is 7. The van der Waals surface area contributed by atoms with E-state index in [4.69, 9.17) is 29.9 Å². The Morgan fingerprint density at radius 2 is 0.609 bits per heavy atom. The van der Waals surface area contributed by atoms with E-state index in [1.165, 1.54) is 0 Å². The Morgan fingerprint density at radius 1 is 0.312 bits per heavy atom. The maximum Gasteiger partial charge on any atom is 0.495 e. The van der Waals surface area contributed by atoms with Gasteiger partial charge in [-0.2, -0.15) is 35.1 Å². The van der Waals surface area contributed by atoms with E-state index in [9.17, 15) is 68.0 Å². The van der Waals surface area contributed by atoms with Gasteiger partial charge in [-0.25, -0.2) is 18.9 Å². The molecule has 0 heterocycles. The van der Waals surface area contributed by atoms with E-state index in [0.717, 1.165) is 0 Å². The SMILES string of the molecule is OCCCCCC(O)COCC(F)(F)OC(F)(F)OC(F)(F)COCCOCC(O)COCCO.OCCOCCOCC(F)(F)OC(F)(F)OC(F)(F)COCC(O)COCCO. The number of unbranched alkanes of at least 4 members (excludes halogenated alkanes) is 2. The maximum absolute atomic E-state index is 13.5. The van der Waals surface area contributed by atoms with Crippen molar-refractivity contribution in [3.8, 4) is 0 Å². The maximum atomic E-state index is 13.5. The van der Waals surface area contributed by atoms with E-state index >= 15 is 0 Å². The molecule has 0 saturated carbocycles. The molecule has 0 aliphatic heterocycles. The monoisotopic (exact) mass is 986 g/mol. The van der Waals surface area contributed by atoms with Crippen LogP contribution in [-0.4, -0.2) is 223 Å². The molecule has 31 heteroatoms. The zero-order valence-corrected chi connectivity index (χ0v) is 34.3. The Kier molecular flexibility index (Phi) is 35.8. The van der Waals surface area contributed by atoms with Gasteiger partial charge in [0.1, 0.15) is 38.6 Å². The molecule has 3 unspecified atom stereocenters. The molecule has 0 bridgehead atoms. The minimum Gasteiger partial charge on any atom is -0.396 e. The first-order valence-corrected chi connectivity index (χ1v) is 18.9. The number of aliphatic hydroxyl groups is 7. The van der Waals surface area contributed by atoms with E-state index in [2.05, 4.69) is 47.4 Å². The van der Waals surface area contributed by atoms with Crippen LogP contribution < -0.4 is 0 Å². The molecule has 7 N–H and O–H groups in total. The van der Waals surface area contributed by atoms with Crippen molar-refractivity contribution >= 4 is 0 Å². The molecule has 0 amide bonds. The molecular formula is C33H58F12O19. The second kappa shape index (κ2) is 35.5. The summed E-state index contributed by atoms with van der Waals surface area (Å²) >= 11 is 0. The third-order valence-corrected chi connectivity index (χ3v) is 6.35. The predicted octanol–water partition coefficient (Wildman–Crippen LogP) is 1.26. The van der Waals surface area contributed by atoms with Gasteiger partial charge in [-0.3, -0.25) is 0 Å². The van der Waals surface area contributed by atoms with Crippen LogP contribution >= 0.6 is 0 Å². The Bertz CT molecular complexity index is 1100. The van der Waals surface area contributed by atoms with Crippen LogP contribution in [0.25, 0.3) is 0 Å². The van der Waals surface area contributed by atoms with Crippen molar-refractivity contribution in [2.75, 3.05) is 132 Å². The Morgan fingerprint density at radius 3 is 0.984 bits per heavy atom. The topological polar surface area (TPSA) is 252 Å². The van der Waals surface area contributed by atoms with Gasteiger partial charge in [-0.1, -0.05) is 12.8 Å². The van der Waals surface area contributed by atoms with Gasteiger partial charge in [-0.05, 0) is 12.8 Å². The van der Waals surface area contributed by atoms with Crippen LogP contribution in [-0.2, 0) is 56.8 Å². The summed E-state index contributed by atoms with van der Waals surface area (Å²) in [5.41, 5.74) is 0. The standard InChI is InChI=1S/C19H34F6O10.C14H24F6O9/c20-17(21,13-32-9-8-31-12-16(29)11-30-7-6-27)34-19(24,25)35-18(22,23)14-33-10-15(28)4-2-1-3-5-26;15-12(16,9-26-6-5-24-3-1-21)28-14(19,20)29-13(17,18)10-27-8-11(23)7-25-4-2-22/h15-16,26-29H,1-14H2;11,21-23H,1-10H2. The molecule has 0 fully saturated rings. The second-order valence-corrected chi connectivity index (χ2v) is 12.6. The first-order chi connectivity index (χ1) is 29.8. The molecule has 0 saturated heterocycles. The average molecular weight is 987 g/mol. The number of alkyl halides is 12. The fraction of sp³-hybridized carbons (Fsp3) is 1.00. The van der Waals surface area contributed by atoms with Gasteiger partial charge in [0.2, 0.25) is 0 Å². The van der Waals surface area contributed by atoms with Gasteiger partial charge in [0.25, 0.3) is 0 Å². The minimum absolute atomic E-state index is 0.00156. The van der Waals surface area contributed by atoms with Gasteiger partial charge < -0.3 is 73.6 Å². The van der Waals surface area contributed by atoms with Crippen LogP contribution in [0.2, 0.25) is 0 Å². The Balaban J connectivity index is 0. The van der Waals surface area contributed by atoms with Crippen LogP contribution in [0, 0.1) is 0 Å². The summed E-state index contributed by atoms with van der Waals surface area (Å²) in [6, 6.07) is 0. The van der Waals surface area contributed by atoms with Crippen molar-refractivity contribution in [1.29, 1.82) is 0 Å². The van der Waals surface area contributed by atoms with E-state index in [1.54, 1.807) is 0 Å². The van der Waals surface area contributed by atoms with E-state index in [1.807, 2.05) is 0 Å². The lowest BCUT2D eigenvalue weighted by molar-refractivity contribution is -0.519. The lowest BCUT2D eigenvalue weighted by Crippen LogP contribution is -2.44. The smallest absolute Gasteiger partial charge is 0.396 e. The van der Waals surface area contributed by atoms with Crippen molar-refractivity contribution in [2.45, 2.75) is 81.0 Å². The highest BCUT2D eigenvalue weighted by Gasteiger charge is 2.53. The van der Waals surface area contributed by atoms with Crippen molar-refractivity contribution < 1.29 is 145 Å². The summed E-state index contributed by atoms with van der Waals surface area (Å²) < 4.78 is 209. The summed E-state index contributed by atoms with van der Waals surface area (Å²) in [4.78, 5) is 0. The molecule has 19 nitrogen and oxygen atoms in total. The second-order valence-electron chi connectivity index (χ2n) is 12.6. The molecule has 0 aromatic heterocycles. The largest absolute Gasteiger partial charge is 0.495 e.